The van der Waals surface area contributed by atoms with Crippen LogP contribution in [-0.2, 0) is 17.8 Å². The second kappa shape index (κ2) is 8.06. The molecule has 0 unspecified atom stereocenters. The summed E-state index contributed by atoms with van der Waals surface area (Å²) in [5.41, 5.74) is 3.83. The van der Waals surface area contributed by atoms with Gasteiger partial charge in [-0.2, -0.15) is 0 Å². The Morgan fingerprint density at radius 2 is 1.79 bits per heavy atom. The summed E-state index contributed by atoms with van der Waals surface area (Å²) in [4.78, 5) is 20.8. The maximum atomic E-state index is 12.4. The summed E-state index contributed by atoms with van der Waals surface area (Å²) in [6.07, 6.45) is 4.94. The highest BCUT2D eigenvalue weighted by Crippen LogP contribution is 2.12. The zero-order valence-electron chi connectivity index (χ0n) is 14.3. The van der Waals surface area contributed by atoms with Crippen molar-refractivity contribution in [3.63, 3.8) is 0 Å². The maximum Gasteiger partial charge on any atom is 0.222 e. The summed E-state index contributed by atoms with van der Waals surface area (Å²) in [5, 5.41) is 0. The molecule has 4 nitrogen and oxygen atoms in total. The maximum absolute atomic E-state index is 12.4. The van der Waals surface area contributed by atoms with Gasteiger partial charge in [-0.05, 0) is 36.6 Å². The van der Waals surface area contributed by atoms with Crippen molar-refractivity contribution in [2.75, 3.05) is 26.2 Å². The smallest absolute Gasteiger partial charge is 0.222 e. The molecule has 1 aromatic carbocycles. The molecule has 1 aliphatic rings. The van der Waals surface area contributed by atoms with Crippen LogP contribution in [0, 0.1) is 6.92 Å². The summed E-state index contributed by atoms with van der Waals surface area (Å²) in [7, 11) is 0. The minimum atomic E-state index is 0.266. The summed E-state index contributed by atoms with van der Waals surface area (Å²) >= 11 is 0. The second-order valence-corrected chi connectivity index (χ2v) is 6.50. The Hall–Kier alpha value is -2.20. The summed E-state index contributed by atoms with van der Waals surface area (Å²) in [6, 6.07) is 12.6. The van der Waals surface area contributed by atoms with E-state index in [1.807, 2.05) is 17.0 Å². The first kappa shape index (κ1) is 16.7. The number of pyridine rings is 1. The number of hydrogen-bond acceptors (Lipinski definition) is 3. The molecule has 1 aliphatic heterocycles. The lowest BCUT2D eigenvalue weighted by molar-refractivity contribution is -0.133. The number of benzene rings is 1. The van der Waals surface area contributed by atoms with Crippen LogP contribution in [0.4, 0.5) is 0 Å². The van der Waals surface area contributed by atoms with Gasteiger partial charge in [-0.15, -0.1) is 0 Å². The fraction of sp³-hybridized carbons (Fsp3) is 0.400. The largest absolute Gasteiger partial charge is 0.340 e. The molecule has 1 saturated heterocycles. The summed E-state index contributed by atoms with van der Waals surface area (Å²) < 4.78 is 0. The first-order valence-corrected chi connectivity index (χ1v) is 8.65. The predicted octanol–water partition coefficient (Wildman–Crippen LogP) is 2.67. The zero-order chi connectivity index (χ0) is 16.8. The number of piperazine rings is 1. The molecule has 0 aliphatic carbocycles. The molecular weight excluding hydrogens is 298 g/mol. The van der Waals surface area contributed by atoms with Crippen LogP contribution in [0.25, 0.3) is 0 Å². The molecule has 1 amide bonds. The third kappa shape index (κ3) is 4.65. The van der Waals surface area contributed by atoms with E-state index >= 15 is 0 Å². The number of aromatic nitrogens is 1. The van der Waals surface area contributed by atoms with E-state index in [0.29, 0.717) is 6.42 Å². The van der Waals surface area contributed by atoms with Crippen LogP contribution >= 0.6 is 0 Å². The van der Waals surface area contributed by atoms with Gasteiger partial charge in [0, 0.05) is 51.5 Å². The average Bonchev–Trinajstić information content (AvgIpc) is 2.61. The topological polar surface area (TPSA) is 36.4 Å². The lowest BCUT2D eigenvalue weighted by atomic mass is 10.1. The van der Waals surface area contributed by atoms with Crippen molar-refractivity contribution in [3.8, 4) is 0 Å². The SMILES string of the molecule is Cc1cccc(CN2CCN(C(=O)CCc3ccncc3)CC2)c1. The Balaban J connectivity index is 1.43. The summed E-state index contributed by atoms with van der Waals surface area (Å²) in [5.74, 6) is 0.266. The quantitative estimate of drug-likeness (QED) is 0.849. The Morgan fingerprint density at radius 3 is 2.50 bits per heavy atom. The molecule has 3 rings (SSSR count). The second-order valence-electron chi connectivity index (χ2n) is 6.50. The van der Waals surface area contributed by atoms with Crippen molar-refractivity contribution >= 4 is 5.91 Å². The minimum absolute atomic E-state index is 0.266. The van der Waals surface area contributed by atoms with Crippen LogP contribution in [0.2, 0.25) is 0 Å². The van der Waals surface area contributed by atoms with Crippen LogP contribution in [0.3, 0.4) is 0 Å². The molecule has 2 aromatic rings. The van der Waals surface area contributed by atoms with Gasteiger partial charge in [0.1, 0.15) is 0 Å². The molecule has 0 spiro atoms. The van der Waals surface area contributed by atoms with E-state index in [2.05, 4.69) is 41.1 Å². The lowest BCUT2D eigenvalue weighted by Crippen LogP contribution is -2.48. The Labute approximate surface area is 144 Å². The van der Waals surface area contributed by atoms with Crippen LogP contribution in [0.15, 0.2) is 48.8 Å². The van der Waals surface area contributed by atoms with Crippen molar-refractivity contribution in [2.24, 2.45) is 0 Å². The van der Waals surface area contributed by atoms with E-state index in [4.69, 9.17) is 0 Å². The van der Waals surface area contributed by atoms with Crippen LogP contribution in [0.1, 0.15) is 23.1 Å². The molecule has 1 aromatic heterocycles. The van der Waals surface area contributed by atoms with E-state index in [-0.39, 0.29) is 5.91 Å². The van der Waals surface area contributed by atoms with Crippen LogP contribution in [0.5, 0.6) is 0 Å². The highest BCUT2D eigenvalue weighted by molar-refractivity contribution is 5.76. The number of carbonyl (C=O) groups excluding carboxylic acids is 1. The van der Waals surface area contributed by atoms with Gasteiger partial charge in [-0.25, -0.2) is 0 Å². The molecule has 24 heavy (non-hydrogen) atoms. The van der Waals surface area contributed by atoms with Gasteiger partial charge >= 0.3 is 0 Å². The fourth-order valence-corrected chi connectivity index (χ4v) is 3.18. The van der Waals surface area contributed by atoms with E-state index < -0.39 is 0 Å². The average molecular weight is 323 g/mol. The van der Waals surface area contributed by atoms with Crippen molar-refractivity contribution in [3.05, 3.63) is 65.5 Å². The van der Waals surface area contributed by atoms with Crippen molar-refractivity contribution in [2.45, 2.75) is 26.3 Å². The van der Waals surface area contributed by atoms with Crippen LogP contribution < -0.4 is 0 Å². The first-order chi connectivity index (χ1) is 11.7. The third-order valence-corrected chi connectivity index (χ3v) is 4.59. The van der Waals surface area contributed by atoms with E-state index in [1.165, 1.54) is 16.7 Å². The van der Waals surface area contributed by atoms with Gasteiger partial charge in [0.25, 0.3) is 0 Å². The number of hydrogen-bond donors (Lipinski definition) is 0. The Kier molecular flexibility index (Phi) is 5.59. The number of aryl methyl sites for hydroxylation is 2. The van der Waals surface area contributed by atoms with Crippen molar-refractivity contribution in [1.29, 1.82) is 0 Å². The van der Waals surface area contributed by atoms with E-state index in [0.717, 1.165) is 39.1 Å². The Morgan fingerprint density at radius 1 is 1.04 bits per heavy atom. The highest BCUT2D eigenvalue weighted by Gasteiger charge is 2.20. The van der Waals surface area contributed by atoms with Gasteiger partial charge in [0.15, 0.2) is 0 Å². The molecule has 2 heterocycles. The van der Waals surface area contributed by atoms with Crippen molar-refractivity contribution in [1.82, 2.24) is 14.8 Å². The van der Waals surface area contributed by atoms with Gasteiger partial charge in [-0.3, -0.25) is 14.7 Å². The molecule has 0 atom stereocenters. The monoisotopic (exact) mass is 323 g/mol. The van der Waals surface area contributed by atoms with E-state index in [9.17, 15) is 4.79 Å². The van der Waals surface area contributed by atoms with Gasteiger partial charge in [-0.1, -0.05) is 29.8 Å². The molecule has 0 saturated carbocycles. The zero-order valence-corrected chi connectivity index (χ0v) is 14.3. The molecule has 4 heteroatoms. The molecule has 0 radical (unpaired) electrons. The predicted molar refractivity (Wildman–Crippen MR) is 95.6 cm³/mol. The van der Waals surface area contributed by atoms with Gasteiger partial charge in [0.2, 0.25) is 5.91 Å². The normalized spacial score (nSPS) is 15.5. The molecule has 0 N–H and O–H groups in total. The standard InChI is InChI=1S/C20H25N3O/c1-17-3-2-4-19(15-17)16-22-11-13-23(14-12-22)20(24)6-5-18-7-9-21-10-8-18/h2-4,7-10,15H,5-6,11-14,16H2,1H3. The molecule has 126 valence electrons. The van der Waals surface area contributed by atoms with Gasteiger partial charge in [0.05, 0.1) is 0 Å². The Bertz CT molecular complexity index is 664. The van der Waals surface area contributed by atoms with Gasteiger partial charge < -0.3 is 4.90 Å². The number of rotatable bonds is 5. The van der Waals surface area contributed by atoms with Crippen molar-refractivity contribution < 1.29 is 4.79 Å². The molecular formula is C20H25N3O. The third-order valence-electron chi connectivity index (χ3n) is 4.59. The molecule has 0 bridgehead atoms. The van der Waals surface area contributed by atoms with Crippen LogP contribution in [-0.4, -0.2) is 46.9 Å². The number of nitrogens with zero attached hydrogens (tertiary/aromatic N) is 3. The fourth-order valence-electron chi connectivity index (χ4n) is 3.18. The highest BCUT2D eigenvalue weighted by atomic mass is 16.2. The first-order valence-electron chi connectivity index (χ1n) is 8.65. The molecule has 1 fully saturated rings. The number of carbonyl (C=O) groups is 1. The van der Waals surface area contributed by atoms with E-state index in [1.54, 1.807) is 12.4 Å². The minimum Gasteiger partial charge on any atom is -0.340 e. The number of amides is 1. The lowest BCUT2D eigenvalue weighted by Gasteiger charge is -2.35. The summed E-state index contributed by atoms with van der Waals surface area (Å²) in [6.45, 7) is 6.68.